The molecule has 0 aliphatic rings. The third kappa shape index (κ3) is 1.64. The van der Waals surface area contributed by atoms with Crippen LogP contribution in [0.1, 0.15) is 18.2 Å². The number of terminal acetylenes is 1. The largest absolute Gasteiger partial charge is 0.271 e. The molecule has 1 aromatic rings. The summed E-state index contributed by atoms with van der Waals surface area (Å²) in [6.45, 7) is 0. The number of nitrogens with two attached hydrogens (primary N) is 1. The molecule has 12 heavy (non-hydrogen) atoms. The van der Waals surface area contributed by atoms with Crippen molar-refractivity contribution in [3.05, 3.63) is 18.0 Å². The van der Waals surface area contributed by atoms with Crippen molar-refractivity contribution < 1.29 is 0 Å². The fraction of sp³-hybridized carbons (Fsp3) is 0.375. The zero-order chi connectivity index (χ0) is 8.97. The monoisotopic (exact) mass is 164 g/mol. The van der Waals surface area contributed by atoms with E-state index in [-0.39, 0.29) is 6.04 Å². The molecule has 0 aliphatic heterocycles. The molecule has 1 aromatic heterocycles. The normalized spacial score (nSPS) is 12.4. The van der Waals surface area contributed by atoms with Crippen molar-refractivity contribution in [1.29, 1.82) is 0 Å². The highest BCUT2D eigenvalue weighted by molar-refractivity contribution is 5.09. The molecule has 1 atom stereocenters. The predicted octanol–water partition coefficient (Wildman–Crippen LogP) is -0.0522. The maximum atomic E-state index is 5.33. The highest BCUT2D eigenvalue weighted by atomic mass is 15.3. The number of hydrogen-bond donors (Lipinski definition) is 2. The minimum Gasteiger partial charge on any atom is -0.271 e. The molecular formula is C8H12N4. The van der Waals surface area contributed by atoms with Gasteiger partial charge in [0.1, 0.15) is 0 Å². The number of hydrazine groups is 1. The molecule has 4 heteroatoms. The van der Waals surface area contributed by atoms with E-state index in [9.17, 15) is 0 Å². The molecule has 1 rings (SSSR count). The second-order valence-electron chi connectivity index (χ2n) is 2.51. The molecule has 0 amide bonds. The van der Waals surface area contributed by atoms with E-state index in [1.807, 2.05) is 13.1 Å². The van der Waals surface area contributed by atoms with Crippen LogP contribution in [-0.2, 0) is 7.05 Å². The molecule has 4 nitrogen and oxygen atoms in total. The van der Waals surface area contributed by atoms with Crippen LogP contribution >= 0.6 is 0 Å². The van der Waals surface area contributed by atoms with Gasteiger partial charge in [0.25, 0.3) is 0 Å². The van der Waals surface area contributed by atoms with Gasteiger partial charge in [-0.25, -0.2) is 0 Å². The third-order valence-corrected chi connectivity index (χ3v) is 1.74. The minimum absolute atomic E-state index is 0.0116. The summed E-state index contributed by atoms with van der Waals surface area (Å²) in [5.74, 6) is 7.88. The van der Waals surface area contributed by atoms with E-state index >= 15 is 0 Å². The minimum atomic E-state index is -0.0116. The Kier molecular flexibility index (Phi) is 2.86. The van der Waals surface area contributed by atoms with Crippen molar-refractivity contribution in [1.82, 2.24) is 15.2 Å². The summed E-state index contributed by atoms with van der Waals surface area (Å²) in [7, 11) is 1.86. The number of nitrogens with zero attached hydrogens (tertiary/aromatic N) is 2. The molecular weight excluding hydrogens is 152 g/mol. The molecule has 0 aliphatic carbocycles. The first kappa shape index (κ1) is 8.78. The lowest BCUT2D eigenvalue weighted by Crippen LogP contribution is -2.29. The lowest BCUT2D eigenvalue weighted by atomic mass is 10.1. The SMILES string of the molecule is C#CCC(NN)c1ccnn1C. The summed E-state index contributed by atoms with van der Waals surface area (Å²) in [5.41, 5.74) is 3.64. The van der Waals surface area contributed by atoms with Gasteiger partial charge in [-0.2, -0.15) is 5.10 Å². The van der Waals surface area contributed by atoms with Gasteiger partial charge in [0.05, 0.1) is 11.7 Å². The van der Waals surface area contributed by atoms with Crippen molar-refractivity contribution in [2.75, 3.05) is 0 Å². The van der Waals surface area contributed by atoms with Gasteiger partial charge in [-0.1, -0.05) is 0 Å². The molecule has 1 unspecified atom stereocenters. The maximum Gasteiger partial charge on any atom is 0.0737 e. The summed E-state index contributed by atoms with van der Waals surface area (Å²) in [4.78, 5) is 0. The van der Waals surface area contributed by atoms with E-state index in [2.05, 4.69) is 16.4 Å². The molecule has 3 N–H and O–H groups in total. The van der Waals surface area contributed by atoms with E-state index in [1.54, 1.807) is 10.9 Å². The Labute approximate surface area is 71.7 Å². The molecule has 1 heterocycles. The molecule has 0 aromatic carbocycles. The van der Waals surface area contributed by atoms with Gasteiger partial charge >= 0.3 is 0 Å². The fourth-order valence-corrected chi connectivity index (χ4v) is 1.09. The van der Waals surface area contributed by atoms with Gasteiger partial charge in [-0.05, 0) is 6.07 Å². The van der Waals surface area contributed by atoms with Gasteiger partial charge in [0.15, 0.2) is 0 Å². The number of aromatic nitrogens is 2. The van der Waals surface area contributed by atoms with Crippen molar-refractivity contribution in [3.8, 4) is 12.3 Å². The second kappa shape index (κ2) is 3.90. The first-order valence-corrected chi connectivity index (χ1v) is 3.67. The van der Waals surface area contributed by atoms with Crippen LogP contribution in [0, 0.1) is 12.3 Å². The summed E-state index contributed by atoms with van der Waals surface area (Å²) in [5, 5.41) is 4.02. The Hall–Kier alpha value is -1.31. The van der Waals surface area contributed by atoms with E-state index in [0.29, 0.717) is 6.42 Å². The van der Waals surface area contributed by atoms with Crippen LogP contribution in [-0.4, -0.2) is 9.78 Å². The smallest absolute Gasteiger partial charge is 0.0737 e. The molecule has 0 bridgehead atoms. The summed E-state index contributed by atoms with van der Waals surface area (Å²) in [6.07, 6.45) is 7.47. The van der Waals surface area contributed by atoms with Crippen LogP contribution in [0.4, 0.5) is 0 Å². The molecule has 0 saturated carbocycles. The zero-order valence-corrected chi connectivity index (χ0v) is 6.99. The lowest BCUT2D eigenvalue weighted by molar-refractivity contribution is 0.521. The standard InChI is InChI=1S/C8H12N4/c1-3-4-7(11-9)8-5-6-10-12(8)2/h1,5-7,11H,4,9H2,2H3. The summed E-state index contributed by atoms with van der Waals surface area (Å²) >= 11 is 0. The number of hydrogen-bond acceptors (Lipinski definition) is 3. The Morgan fingerprint density at radius 3 is 3.08 bits per heavy atom. The maximum absolute atomic E-state index is 5.33. The Morgan fingerprint density at radius 1 is 1.92 bits per heavy atom. The van der Waals surface area contributed by atoms with E-state index in [0.717, 1.165) is 5.69 Å². The highest BCUT2D eigenvalue weighted by Gasteiger charge is 2.10. The van der Waals surface area contributed by atoms with Crippen LogP contribution in [0.3, 0.4) is 0 Å². The van der Waals surface area contributed by atoms with Gasteiger partial charge in [-0.15, -0.1) is 12.3 Å². The predicted molar refractivity (Wildman–Crippen MR) is 46.7 cm³/mol. The fourth-order valence-electron chi connectivity index (χ4n) is 1.09. The van der Waals surface area contributed by atoms with Crippen molar-refractivity contribution in [2.45, 2.75) is 12.5 Å². The average molecular weight is 164 g/mol. The quantitative estimate of drug-likeness (QED) is 0.374. The van der Waals surface area contributed by atoms with Crippen molar-refractivity contribution >= 4 is 0 Å². The van der Waals surface area contributed by atoms with E-state index in [1.165, 1.54) is 0 Å². The Bertz CT molecular complexity index is 283. The second-order valence-corrected chi connectivity index (χ2v) is 2.51. The Morgan fingerprint density at radius 2 is 2.67 bits per heavy atom. The van der Waals surface area contributed by atoms with Crippen LogP contribution in [0.25, 0.3) is 0 Å². The average Bonchev–Trinajstić information content (AvgIpc) is 2.47. The summed E-state index contributed by atoms with van der Waals surface area (Å²) < 4.78 is 1.75. The van der Waals surface area contributed by atoms with Gasteiger partial charge in [-0.3, -0.25) is 16.0 Å². The topological polar surface area (TPSA) is 55.9 Å². The van der Waals surface area contributed by atoms with Gasteiger partial charge in [0, 0.05) is 19.7 Å². The van der Waals surface area contributed by atoms with Gasteiger partial charge < -0.3 is 0 Å². The molecule has 0 saturated heterocycles. The van der Waals surface area contributed by atoms with Crippen molar-refractivity contribution in [3.63, 3.8) is 0 Å². The van der Waals surface area contributed by atoms with Crippen LogP contribution < -0.4 is 11.3 Å². The van der Waals surface area contributed by atoms with Crippen molar-refractivity contribution in [2.24, 2.45) is 12.9 Å². The molecule has 64 valence electrons. The van der Waals surface area contributed by atoms with Crippen LogP contribution in [0.2, 0.25) is 0 Å². The molecule has 0 radical (unpaired) electrons. The lowest BCUT2D eigenvalue weighted by Gasteiger charge is -2.12. The van der Waals surface area contributed by atoms with Gasteiger partial charge in [0.2, 0.25) is 0 Å². The van der Waals surface area contributed by atoms with Crippen LogP contribution in [0.5, 0.6) is 0 Å². The Balaban J connectivity index is 2.81. The first-order chi connectivity index (χ1) is 5.79. The zero-order valence-electron chi connectivity index (χ0n) is 6.99. The number of rotatable bonds is 3. The summed E-state index contributed by atoms with van der Waals surface area (Å²) in [6, 6.07) is 1.88. The highest BCUT2D eigenvalue weighted by Crippen LogP contribution is 2.12. The van der Waals surface area contributed by atoms with E-state index < -0.39 is 0 Å². The molecule has 0 spiro atoms. The number of nitrogens with one attached hydrogen (secondary N) is 1. The number of aryl methyl sites for hydroxylation is 1. The van der Waals surface area contributed by atoms with Crippen LogP contribution in [0.15, 0.2) is 12.3 Å². The van der Waals surface area contributed by atoms with E-state index in [4.69, 9.17) is 12.3 Å². The first-order valence-electron chi connectivity index (χ1n) is 3.67. The third-order valence-electron chi connectivity index (χ3n) is 1.74. The molecule has 0 fully saturated rings.